The van der Waals surface area contributed by atoms with Gasteiger partial charge in [0.15, 0.2) is 0 Å². The zero-order chi connectivity index (χ0) is 23.0. The van der Waals surface area contributed by atoms with Crippen molar-refractivity contribution in [1.29, 1.82) is 0 Å². The molecular formula is C30H61Cl. The van der Waals surface area contributed by atoms with E-state index >= 15 is 0 Å². The summed E-state index contributed by atoms with van der Waals surface area (Å²) >= 11 is 6.73. The topological polar surface area (TPSA) is 0 Å². The Bertz CT molecular complexity index is 330. The summed E-state index contributed by atoms with van der Waals surface area (Å²) in [5, 5.41) is 0. The van der Waals surface area contributed by atoms with Crippen LogP contribution in [0.3, 0.4) is 0 Å². The summed E-state index contributed by atoms with van der Waals surface area (Å²) in [4.78, 5) is -0.0288. The molecule has 0 nitrogen and oxygen atoms in total. The van der Waals surface area contributed by atoms with Crippen LogP contribution in [0.1, 0.15) is 182 Å². The zero-order valence-corrected chi connectivity index (χ0v) is 23.2. The molecule has 0 aromatic rings. The highest BCUT2D eigenvalue weighted by Crippen LogP contribution is 2.33. The molecule has 0 N–H and O–H groups in total. The third-order valence-electron chi connectivity index (χ3n) is 7.28. The lowest BCUT2D eigenvalue weighted by molar-refractivity contribution is 0.334. The van der Waals surface area contributed by atoms with E-state index in [4.69, 9.17) is 11.6 Å². The van der Waals surface area contributed by atoms with Gasteiger partial charge in [-0.15, -0.1) is 11.6 Å². The monoisotopic (exact) mass is 456 g/mol. The number of rotatable bonds is 25. The van der Waals surface area contributed by atoms with E-state index < -0.39 is 0 Å². The van der Waals surface area contributed by atoms with Crippen LogP contribution in [0.25, 0.3) is 0 Å². The number of hydrogen-bond acceptors (Lipinski definition) is 0. The Kier molecular flexibility index (Phi) is 23.7. The molecule has 0 radical (unpaired) electrons. The van der Waals surface area contributed by atoms with Crippen molar-refractivity contribution in [3.63, 3.8) is 0 Å². The highest BCUT2D eigenvalue weighted by atomic mass is 35.5. The van der Waals surface area contributed by atoms with Crippen LogP contribution in [-0.2, 0) is 0 Å². The van der Waals surface area contributed by atoms with Gasteiger partial charge in [0.2, 0.25) is 0 Å². The third kappa shape index (κ3) is 23.3. The third-order valence-corrected chi connectivity index (χ3v) is 7.59. The molecule has 0 aliphatic heterocycles. The number of halogens is 1. The van der Waals surface area contributed by atoms with Gasteiger partial charge in [0.05, 0.1) is 0 Å². The molecule has 1 heteroatoms. The first-order chi connectivity index (χ1) is 15.0. The van der Waals surface area contributed by atoms with Gasteiger partial charge in [0.25, 0.3) is 0 Å². The van der Waals surface area contributed by atoms with Crippen molar-refractivity contribution in [3.05, 3.63) is 0 Å². The molecule has 0 amide bonds. The van der Waals surface area contributed by atoms with E-state index in [9.17, 15) is 0 Å². The minimum atomic E-state index is -0.0288. The molecule has 0 aromatic heterocycles. The first-order valence-corrected chi connectivity index (χ1v) is 15.1. The Labute approximate surface area is 204 Å². The predicted octanol–water partition coefficient (Wildman–Crippen LogP) is 12.0. The molecule has 0 aliphatic rings. The van der Waals surface area contributed by atoms with Gasteiger partial charge in [-0.1, -0.05) is 155 Å². The molecule has 188 valence electrons. The van der Waals surface area contributed by atoms with E-state index in [1.54, 1.807) is 0 Å². The van der Waals surface area contributed by atoms with Crippen molar-refractivity contribution in [3.8, 4) is 0 Å². The lowest BCUT2D eigenvalue weighted by Gasteiger charge is -2.28. The molecule has 0 aliphatic carbocycles. The SMILES string of the molecule is CCCCCCCCCCCCCCCCCCC(CCCCCCCC)C(C)(C)Cl. The van der Waals surface area contributed by atoms with Crippen molar-refractivity contribution in [2.24, 2.45) is 5.92 Å². The van der Waals surface area contributed by atoms with E-state index in [0.29, 0.717) is 5.92 Å². The Balaban J connectivity index is 3.47. The van der Waals surface area contributed by atoms with Gasteiger partial charge in [-0.05, 0) is 32.6 Å². The summed E-state index contributed by atoms with van der Waals surface area (Å²) < 4.78 is 0. The molecule has 1 unspecified atom stereocenters. The van der Waals surface area contributed by atoms with Crippen LogP contribution in [0.2, 0.25) is 0 Å². The smallest absolute Gasteiger partial charge is 0.0418 e. The minimum Gasteiger partial charge on any atom is -0.120 e. The van der Waals surface area contributed by atoms with E-state index in [1.807, 2.05) is 0 Å². The van der Waals surface area contributed by atoms with Crippen LogP contribution in [-0.4, -0.2) is 4.87 Å². The fraction of sp³-hybridized carbons (Fsp3) is 1.00. The second-order valence-corrected chi connectivity index (χ2v) is 11.9. The minimum absolute atomic E-state index is 0.0288. The summed E-state index contributed by atoms with van der Waals surface area (Å²) in [6.07, 6.45) is 34.2. The summed E-state index contributed by atoms with van der Waals surface area (Å²) in [7, 11) is 0. The van der Waals surface area contributed by atoms with Gasteiger partial charge in [0, 0.05) is 4.87 Å². The van der Waals surface area contributed by atoms with Crippen LogP contribution >= 0.6 is 11.6 Å². The van der Waals surface area contributed by atoms with Gasteiger partial charge in [0.1, 0.15) is 0 Å². The molecule has 0 heterocycles. The lowest BCUT2D eigenvalue weighted by Crippen LogP contribution is -2.24. The summed E-state index contributed by atoms with van der Waals surface area (Å²) in [6.45, 7) is 9.07. The predicted molar refractivity (Wildman–Crippen MR) is 146 cm³/mol. The quantitative estimate of drug-likeness (QED) is 0.0945. The van der Waals surface area contributed by atoms with Crippen LogP contribution in [0, 0.1) is 5.92 Å². The average molecular weight is 457 g/mol. The standard InChI is InChI=1S/C30H61Cl/c1-5-7-9-11-13-14-15-16-17-18-19-20-21-22-24-26-28-29(30(3,4)31)27-25-23-12-10-8-6-2/h29H,5-28H2,1-4H3. The maximum atomic E-state index is 6.73. The van der Waals surface area contributed by atoms with Gasteiger partial charge >= 0.3 is 0 Å². The lowest BCUT2D eigenvalue weighted by atomic mass is 9.85. The Morgan fingerprint density at radius 3 is 0.871 bits per heavy atom. The fourth-order valence-electron chi connectivity index (χ4n) is 4.94. The molecule has 1 atom stereocenters. The van der Waals surface area contributed by atoms with Gasteiger partial charge in [-0.3, -0.25) is 0 Å². The van der Waals surface area contributed by atoms with Crippen LogP contribution in [0.15, 0.2) is 0 Å². The molecular weight excluding hydrogens is 396 g/mol. The van der Waals surface area contributed by atoms with E-state index in [1.165, 1.54) is 154 Å². The van der Waals surface area contributed by atoms with Gasteiger partial charge < -0.3 is 0 Å². The van der Waals surface area contributed by atoms with E-state index in [2.05, 4.69) is 27.7 Å². The molecule has 0 saturated heterocycles. The van der Waals surface area contributed by atoms with Gasteiger partial charge in [-0.25, -0.2) is 0 Å². The maximum Gasteiger partial charge on any atom is 0.0418 e. The summed E-state index contributed by atoms with van der Waals surface area (Å²) in [5.41, 5.74) is 0. The van der Waals surface area contributed by atoms with Crippen molar-refractivity contribution < 1.29 is 0 Å². The Morgan fingerprint density at radius 2 is 0.645 bits per heavy atom. The van der Waals surface area contributed by atoms with Crippen molar-refractivity contribution in [2.75, 3.05) is 0 Å². The van der Waals surface area contributed by atoms with Crippen LogP contribution < -0.4 is 0 Å². The highest BCUT2D eigenvalue weighted by Gasteiger charge is 2.25. The molecule has 0 bridgehead atoms. The summed E-state index contributed by atoms with van der Waals surface area (Å²) in [5.74, 6) is 0.701. The fourth-order valence-corrected chi connectivity index (χ4v) is 5.16. The summed E-state index contributed by atoms with van der Waals surface area (Å²) in [6, 6.07) is 0. The first-order valence-electron chi connectivity index (χ1n) is 14.7. The van der Waals surface area contributed by atoms with Crippen LogP contribution in [0.5, 0.6) is 0 Å². The molecule has 0 fully saturated rings. The molecule has 0 spiro atoms. The molecule has 0 saturated carbocycles. The largest absolute Gasteiger partial charge is 0.120 e. The molecule has 0 aromatic carbocycles. The van der Waals surface area contributed by atoms with Crippen LogP contribution in [0.4, 0.5) is 0 Å². The Morgan fingerprint density at radius 1 is 0.419 bits per heavy atom. The molecule has 31 heavy (non-hydrogen) atoms. The zero-order valence-electron chi connectivity index (χ0n) is 22.4. The second-order valence-electron chi connectivity index (χ2n) is 10.9. The molecule has 0 rings (SSSR count). The number of unbranched alkanes of at least 4 members (excludes halogenated alkanes) is 20. The number of hydrogen-bond donors (Lipinski definition) is 0. The number of alkyl halides is 1. The van der Waals surface area contributed by atoms with E-state index in [-0.39, 0.29) is 4.87 Å². The average Bonchev–Trinajstić information content (AvgIpc) is 2.73. The van der Waals surface area contributed by atoms with Crippen molar-refractivity contribution >= 4 is 11.6 Å². The van der Waals surface area contributed by atoms with Crippen molar-refractivity contribution in [2.45, 2.75) is 187 Å². The van der Waals surface area contributed by atoms with Gasteiger partial charge in [-0.2, -0.15) is 0 Å². The highest BCUT2D eigenvalue weighted by molar-refractivity contribution is 6.23. The van der Waals surface area contributed by atoms with Crippen molar-refractivity contribution in [1.82, 2.24) is 0 Å². The first kappa shape index (κ1) is 31.3. The second kappa shape index (κ2) is 23.4. The maximum absolute atomic E-state index is 6.73. The normalized spacial score (nSPS) is 13.1. The van der Waals surface area contributed by atoms with E-state index in [0.717, 1.165) is 0 Å². The Hall–Kier alpha value is 0.290.